The van der Waals surface area contributed by atoms with Gasteiger partial charge in [0.2, 0.25) is 0 Å². The normalized spacial score (nSPS) is 17.5. The zero-order chi connectivity index (χ0) is 9.42. The first-order chi connectivity index (χ1) is 6.27. The standard InChI is InChI=1S/C10H11ClO2.AsH3/c1-12-8-4-3-6-5-7(11)9(6)10(8)13-2;/h3-4,7H,5H2,1-2H3;1H3. The molecule has 0 saturated carbocycles. The van der Waals surface area contributed by atoms with Gasteiger partial charge < -0.3 is 9.47 Å². The van der Waals surface area contributed by atoms with Crippen LogP contribution in [-0.2, 0) is 6.42 Å². The van der Waals surface area contributed by atoms with Gasteiger partial charge in [-0.15, -0.1) is 11.6 Å². The van der Waals surface area contributed by atoms with Crippen molar-refractivity contribution in [3.63, 3.8) is 0 Å². The third-order valence-corrected chi connectivity index (χ3v) is 2.76. The fraction of sp³-hybridized carbons (Fsp3) is 0.400. The van der Waals surface area contributed by atoms with Crippen LogP contribution in [0.1, 0.15) is 16.5 Å². The molecule has 1 aromatic rings. The number of hydrogen-bond donors (Lipinski definition) is 0. The SMILES string of the molecule is COc1ccc2c(c1OC)C(Cl)C2.[AsH3]. The van der Waals surface area contributed by atoms with Gasteiger partial charge in [-0.2, -0.15) is 0 Å². The molecule has 1 aliphatic carbocycles. The molecule has 1 aromatic carbocycles. The first-order valence-electron chi connectivity index (χ1n) is 4.15. The topological polar surface area (TPSA) is 18.5 Å². The van der Waals surface area contributed by atoms with E-state index in [0.717, 1.165) is 23.5 Å². The zero-order valence-electron chi connectivity index (χ0n) is 8.34. The van der Waals surface area contributed by atoms with Gasteiger partial charge >= 0.3 is 18.0 Å². The Hall–Kier alpha value is -0.332. The number of alkyl halides is 1. The van der Waals surface area contributed by atoms with E-state index in [0.29, 0.717) is 0 Å². The zero-order valence-corrected chi connectivity index (χ0v) is 12.1. The van der Waals surface area contributed by atoms with Crippen LogP contribution in [0.15, 0.2) is 12.1 Å². The van der Waals surface area contributed by atoms with Crippen LogP contribution in [0, 0.1) is 0 Å². The minimum absolute atomic E-state index is 0. The van der Waals surface area contributed by atoms with Gasteiger partial charge in [0, 0.05) is 5.56 Å². The number of halogens is 1. The van der Waals surface area contributed by atoms with Gasteiger partial charge in [-0.05, 0) is 18.1 Å². The molecule has 2 unspecified atom stereocenters. The fourth-order valence-electron chi connectivity index (χ4n) is 1.68. The Bertz CT molecular complexity index is 341. The van der Waals surface area contributed by atoms with E-state index in [9.17, 15) is 0 Å². The molecule has 0 saturated heterocycles. The summed E-state index contributed by atoms with van der Waals surface area (Å²) >= 11 is 6.06. The average molecular weight is 277 g/mol. The number of benzene rings is 1. The number of fused-ring (bicyclic) bond motifs is 1. The molecule has 0 spiro atoms. The third kappa shape index (κ3) is 1.62. The van der Waals surface area contributed by atoms with Crippen molar-refractivity contribution in [2.75, 3.05) is 14.2 Å². The summed E-state index contributed by atoms with van der Waals surface area (Å²) in [5.74, 6) is 1.54. The summed E-state index contributed by atoms with van der Waals surface area (Å²) in [6.45, 7) is 0. The predicted octanol–water partition coefficient (Wildman–Crippen LogP) is 1.36. The van der Waals surface area contributed by atoms with E-state index in [-0.39, 0.29) is 23.3 Å². The molecule has 1 aliphatic rings. The maximum absolute atomic E-state index is 6.06. The predicted molar refractivity (Wildman–Crippen MR) is 61.8 cm³/mol. The summed E-state index contributed by atoms with van der Waals surface area (Å²) in [6.07, 6.45) is 0.928. The molecule has 0 aliphatic heterocycles. The second kappa shape index (κ2) is 4.46. The summed E-state index contributed by atoms with van der Waals surface area (Å²) in [4.78, 5) is 0. The first kappa shape index (κ1) is 11.7. The van der Waals surface area contributed by atoms with Crippen molar-refractivity contribution in [3.05, 3.63) is 23.3 Å². The summed E-state index contributed by atoms with van der Waals surface area (Å²) in [5.41, 5.74) is 2.35. The van der Waals surface area contributed by atoms with Gasteiger partial charge in [-0.3, -0.25) is 0 Å². The number of hydrogen-bond acceptors (Lipinski definition) is 2. The van der Waals surface area contributed by atoms with Crippen LogP contribution in [0.4, 0.5) is 0 Å². The molecular formula is C10H14AsClO2. The van der Waals surface area contributed by atoms with Crippen molar-refractivity contribution in [3.8, 4) is 11.5 Å². The number of methoxy groups -OCH3 is 2. The van der Waals surface area contributed by atoms with Gasteiger partial charge in [0.05, 0.1) is 19.6 Å². The van der Waals surface area contributed by atoms with Gasteiger partial charge in [0.1, 0.15) is 0 Å². The van der Waals surface area contributed by atoms with E-state index in [1.165, 1.54) is 5.56 Å². The Labute approximate surface area is 99.9 Å². The molecule has 2 atom stereocenters. The summed E-state index contributed by atoms with van der Waals surface area (Å²) in [7, 11) is 3.27. The maximum atomic E-state index is 6.06. The van der Waals surface area contributed by atoms with Crippen LogP contribution in [-0.4, -0.2) is 32.2 Å². The Kier molecular flexibility index (Phi) is 3.74. The van der Waals surface area contributed by atoms with Gasteiger partial charge in [-0.25, -0.2) is 0 Å². The second-order valence-corrected chi connectivity index (χ2v) is 3.57. The van der Waals surface area contributed by atoms with Crippen LogP contribution in [0.25, 0.3) is 0 Å². The van der Waals surface area contributed by atoms with E-state index in [1.54, 1.807) is 14.2 Å². The molecule has 14 heavy (non-hydrogen) atoms. The molecule has 0 amide bonds. The molecule has 2 rings (SSSR count). The van der Waals surface area contributed by atoms with Gasteiger partial charge in [0.25, 0.3) is 0 Å². The number of rotatable bonds is 2. The van der Waals surface area contributed by atoms with Crippen molar-refractivity contribution in [1.82, 2.24) is 0 Å². The van der Waals surface area contributed by atoms with E-state index in [4.69, 9.17) is 21.1 Å². The van der Waals surface area contributed by atoms with Crippen LogP contribution < -0.4 is 9.47 Å². The Morgan fingerprint density at radius 1 is 1.29 bits per heavy atom. The molecule has 4 heteroatoms. The van der Waals surface area contributed by atoms with Crippen LogP contribution >= 0.6 is 11.6 Å². The van der Waals surface area contributed by atoms with Crippen LogP contribution in [0.3, 0.4) is 0 Å². The Morgan fingerprint density at radius 2 is 2.00 bits per heavy atom. The van der Waals surface area contributed by atoms with E-state index < -0.39 is 0 Å². The summed E-state index contributed by atoms with van der Waals surface area (Å²) in [5, 5.41) is 0.0834. The van der Waals surface area contributed by atoms with Crippen molar-refractivity contribution < 1.29 is 9.47 Å². The van der Waals surface area contributed by atoms with E-state index in [1.807, 2.05) is 12.1 Å². The minimum atomic E-state index is 0. The third-order valence-electron chi connectivity index (χ3n) is 2.39. The molecule has 78 valence electrons. The van der Waals surface area contributed by atoms with Crippen LogP contribution in [0.2, 0.25) is 0 Å². The molecule has 0 N–H and O–H groups in total. The Morgan fingerprint density at radius 3 is 2.50 bits per heavy atom. The molecule has 0 bridgehead atoms. The van der Waals surface area contributed by atoms with Crippen molar-refractivity contribution in [2.24, 2.45) is 0 Å². The van der Waals surface area contributed by atoms with Gasteiger partial charge in [-0.1, -0.05) is 6.07 Å². The molecule has 0 radical (unpaired) electrons. The summed E-state index contributed by atoms with van der Waals surface area (Å²) in [6, 6.07) is 3.95. The molecule has 0 aromatic heterocycles. The van der Waals surface area contributed by atoms with Crippen molar-refractivity contribution in [2.45, 2.75) is 11.8 Å². The first-order valence-corrected chi connectivity index (χ1v) is 4.59. The monoisotopic (exact) mass is 276 g/mol. The molecule has 0 fully saturated rings. The summed E-state index contributed by atoms with van der Waals surface area (Å²) < 4.78 is 10.4. The molecule has 0 heterocycles. The quantitative estimate of drug-likeness (QED) is 0.600. The average Bonchev–Trinajstić information content (AvgIpc) is 2.15. The van der Waals surface area contributed by atoms with Gasteiger partial charge in [0.15, 0.2) is 11.5 Å². The Balaban J connectivity index is 0.000000980. The van der Waals surface area contributed by atoms with Crippen molar-refractivity contribution in [1.29, 1.82) is 0 Å². The van der Waals surface area contributed by atoms with Crippen LogP contribution in [0.5, 0.6) is 11.5 Å². The van der Waals surface area contributed by atoms with Crippen molar-refractivity contribution >= 4 is 29.6 Å². The van der Waals surface area contributed by atoms with E-state index in [2.05, 4.69) is 0 Å². The van der Waals surface area contributed by atoms with E-state index >= 15 is 0 Å². The number of ether oxygens (including phenoxy) is 2. The molecular weight excluding hydrogens is 262 g/mol. The second-order valence-electron chi connectivity index (χ2n) is 3.05. The fourth-order valence-corrected chi connectivity index (χ4v) is 2.08. The molecule has 2 nitrogen and oxygen atoms in total.